The number of aliphatic carboxylic acids is 1. The molecule has 0 bridgehead atoms. The van der Waals surface area contributed by atoms with Crippen molar-refractivity contribution in [2.45, 2.75) is 64.8 Å². The van der Waals surface area contributed by atoms with Crippen molar-refractivity contribution in [1.29, 1.82) is 0 Å². The minimum absolute atomic E-state index is 0.110. The fraction of sp³-hybridized carbons (Fsp3) is 0.444. The summed E-state index contributed by atoms with van der Waals surface area (Å²) in [5.74, 6) is 1.83. The Morgan fingerprint density at radius 1 is 1.26 bits per heavy atom. The van der Waals surface area contributed by atoms with Crippen molar-refractivity contribution in [3.05, 3.63) is 70.7 Å². The molecule has 0 aliphatic rings. The lowest BCUT2D eigenvalue weighted by molar-refractivity contribution is -0.149. The normalized spacial score (nSPS) is 14.0. The molecule has 186 valence electrons. The lowest BCUT2D eigenvalue weighted by atomic mass is 9.66. The van der Waals surface area contributed by atoms with Crippen LogP contribution in [0.2, 0.25) is 0 Å². The Morgan fingerprint density at radius 3 is 2.59 bits per heavy atom. The summed E-state index contributed by atoms with van der Waals surface area (Å²) >= 11 is 1.54. The van der Waals surface area contributed by atoms with Crippen LogP contribution in [0.3, 0.4) is 0 Å². The molecule has 0 aromatic heterocycles. The molecule has 0 spiro atoms. The topological polar surface area (TPSA) is 84.6 Å². The molecule has 0 fully saturated rings. The first-order valence-electron chi connectivity index (χ1n) is 11.8. The smallest absolute Gasteiger partial charge is 0.309 e. The molecular formula is C27H39N2O3PS. The molecule has 0 saturated carbocycles. The van der Waals surface area contributed by atoms with Crippen molar-refractivity contribution < 1.29 is 14.6 Å². The molecule has 2 aromatic carbocycles. The molecule has 3 unspecified atom stereocenters. The summed E-state index contributed by atoms with van der Waals surface area (Å²) in [6, 6.07) is 14.3. The Hall–Kier alpha value is -2.01. The second-order valence-corrected chi connectivity index (χ2v) is 10.4. The van der Waals surface area contributed by atoms with E-state index in [1.807, 2.05) is 50.9 Å². The molecule has 2 rings (SSSR count). The quantitative estimate of drug-likeness (QED) is 0.215. The number of rotatable bonds is 13. The van der Waals surface area contributed by atoms with Crippen molar-refractivity contribution in [2.24, 2.45) is 17.1 Å². The van der Waals surface area contributed by atoms with Crippen molar-refractivity contribution in [2.75, 3.05) is 6.61 Å². The molecule has 0 aliphatic heterocycles. The Balaban J connectivity index is 2.33. The van der Waals surface area contributed by atoms with Crippen LogP contribution in [0.5, 0.6) is 5.75 Å². The largest absolute Gasteiger partial charge is 0.493 e. The van der Waals surface area contributed by atoms with E-state index in [0.29, 0.717) is 19.6 Å². The molecular weight excluding hydrogens is 463 g/mol. The van der Waals surface area contributed by atoms with Gasteiger partial charge >= 0.3 is 5.97 Å². The van der Waals surface area contributed by atoms with E-state index >= 15 is 0 Å². The molecule has 4 N–H and O–H groups in total. The predicted molar refractivity (Wildman–Crippen MR) is 146 cm³/mol. The monoisotopic (exact) mass is 502 g/mol. The Kier molecular flexibility index (Phi) is 10.9. The molecule has 34 heavy (non-hydrogen) atoms. The van der Waals surface area contributed by atoms with Gasteiger partial charge in [-0.15, -0.1) is 9.24 Å². The van der Waals surface area contributed by atoms with Crippen molar-refractivity contribution >= 4 is 27.2 Å². The van der Waals surface area contributed by atoms with Crippen LogP contribution in [0.4, 0.5) is 0 Å². The molecule has 0 heterocycles. The van der Waals surface area contributed by atoms with Gasteiger partial charge in [0.05, 0.1) is 16.9 Å². The van der Waals surface area contributed by atoms with Crippen LogP contribution in [-0.2, 0) is 11.3 Å². The highest BCUT2D eigenvalue weighted by Crippen LogP contribution is 2.45. The maximum atomic E-state index is 12.3. The third-order valence-electron chi connectivity index (χ3n) is 6.36. The van der Waals surface area contributed by atoms with E-state index in [1.165, 1.54) is 5.56 Å². The van der Waals surface area contributed by atoms with Crippen molar-refractivity contribution in [3.63, 3.8) is 0 Å². The first-order chi connectivity index (χ1) is 16.1. The number of carbonyl (C=O) groups is 1. The number of hydrogen-bond donors (Lipinski definition) is 3. The highest BCUT2D eigenvalue weighted by molar-refractivity contribution is 7.97. The highest BCUT2D eigenvalue weighted by Gasteiger charge is 2.42. The summed E-state index contributed by atoms with van der Waals surface area (Å²) in [7, 11) is 2.55. The fourth-order valence-electron chi connectivity index (χ4n) is 4.36. The molecule has 0 aliphatic carbocycles. The average molecular weight is 503 g/mol. The summed E-state index contributed by atoms with van der Waals surface area (Å²) in [6.07, 6.45) is 1.50. The summed E-state index contributed by atoms with van der Waals surface area (Å²) in [5, 5.41) is 10.1. The molecule has 5 nitrogen and oxygen atoms in total. The lowest BCUT2D eigenvalue weighted by Gasteiger charge is -2.37. The van der Waals surface area contributed by atoms with Gasteiger partial charge in [-0.3, -0.25) is 9.52 Å². The van der Waals surface area contributed by atoms with Gasteiger partial charge in [-0.1, -0.05) is 43.7 Å². The number of nitrogens with one attached hydrogen (secondary N) is 1. The highest BCUT2D eigenvalue weighted by atomic mass is 32.2. The van der Waals surface area contributed by atoms with Crippen LogP contribution < -0.4 is 15.2 Å². The van der Waals surface area contributed by atoms with Crippen LogP contribution >= 0.6 is 21.2 Å². The maximum absolute atomic E-state index is 12.3. The third kappa shape index (κ3) is 7.24. The zero-order valence-electron chi connectivity index (χ0n) is 20.9. The van der Waals surface area contributed by atoms with E-state index in [0.717, 1.165) is 33.9 Å². The van der Waals surface area contributed by atoms with Gasteiger partial charge in [0.1, 0.15) is 5.75 Å². The van der Waals surface area contributed by atoms with Crippen LogP contribution in [0.25, 0.3) is 0 Å². The van der Waals surface area contributed by atoms with Gasteiger partial charge in [0, 0.05) is 18.2 Å². The minimum Gasteiger partial charge on any atom is -0.493 e. The lowest BCUT2D eigenvalue weighted by Crippen LogP contribution is -2.36. The molecule has 7 heteroatoms. The molecule has 2 aromatic rings. The van der Waals surface area contributed by atoms with E-state index in [-0.39, 0.29) is 11.8 Å². The Morgan fingerprint density at radius 2 is 1.97 bits per heavy atom. The van der Waals surface area contributed by atoms with Gasteiger partial charge < -0.3 is 15.6 Å². The zero-order chi connectivity index (χ0) is 25.3. The second kappa shape index (κ2) is 13.2. The summed E-state index contributed by atoms with van der Waals surface area (Å²) in [4.78, 5) is 13.3. The second-order valence-electron chi connectivity index (χ2n) is 9.11. The third-order valence-corrected chi connectivity index (χ3v) is 7.64. The SMILES string of the molecule is CCOc1ccccc1SNCc1cc(C(C(CC)C/C(N)=C/P)C(C)(C)C(=O)O)ccc1C. The average Bonchev–Trinajstić information content (AvgIpc) is 2.81. The van der Waals surface area contributed by atoms with E-state index in [4.69, 9.17) is 10.5 Å². The fourth-order valence-corrected chi connectivity index (χ4v) is 5.25. The van der Waals surface area contributed by atoms with E-state index in [1.54, 1.807) is 11.9 Å². The van der Waals surface area contributed by atoms with Crippen molar-refractivity contribution in [3.8, 4) is 5.75 Å². The summed E-state index contributed by atoms with van der Waals surface area (Å²) in [6.45, 7) is 11.1. The van der Waals surface area contributed by atoms with Crippen molar-refractivity contribution in [1.82, 2.24) is 4.72 Å². The zero-order valence-corrected chi connectivity index (χ0v) is 22.9. The number of aryl methyl sites for hydroxylation is 1. The van der Waals surface area contributed by atoms with Gasteiger partial charge in [0.25, 0.3) is 0 Å². The number of carboxylic acids is 1. The molecule has 3 atom stereocenters. The van der Waals surface area contributed by atoms with E-state index < -0.39 is 11.4 Å². The summed E-state index contributed by atoms with van der Waals surface area (Å²) < 4.78 is 9.18. The van der Waals surface area contributed by atoms with E-state index in [9.17, 15) is 9.90 Å². The number of carboxylic acid groups (broad SMARTS) is 1. The molecule has 0 radical (unpaired) electrons. The van der Waals surface area contributed by atoms with Crippen LogP contribution in [0.1, 0.15) is 63.1 Å². The van der Waals surface area contributed by atoms with Crippen LogP contribution in [0.15, 0.2) is 58.9 Å². The van der Waals surface area contributed by atoms with Gasteiger partial charge in [-0.2, -0.15) is 0 Å². The molecule has 0 saturated heterocycles. The van der Waals surface area contributed by atoms with E-state index in [2.05, 4.69) is 46.0 Å². The van der Waals surface area contributed by atoms with Crippen LogP contribution in [0, 0.1) is 18.3 Å². The number of benzene rings is 2. The van der Waals surface area contributed by atoms with Gasteiger partial charge in [-0.25, -0.2) is 0 Å². The maximum Gasteiger partial charge on any atom is 0.309 e. The van der Waals surface area contributed by atoms with Gasteiger partial charge in [-0.05, 0) is 86.6 Å². The number of allylic oxidation sites excluding steroid dienone is 1. The number of hydrogen-bond acceptors (Lipinski definition) is 5. The Labute approximate surface area is 211 Å². The minimum atomic E-state index is -0.938. The van der Waals surface area contributed by atoms with Gasteiger partial charge in [0.15, 0.2) is 0 Å². The standard InChI is InChI=1S/C27H39N2O3PS/c1-6-19(15-22(28)17-33)25(27(4,5)26(30)31)20-13-12-18(3)21(14-20)16-29-34-24-11-9-8-10-23(24)32-7-2/h8-14,17,19,25,29H,6-7,15-16,28,33H2,1-5H3,(H,30,31)/b22-17-. The number of para-hydroxylation sites is 1. The predicted octanol–water partition coefficient (Wildman–Crippen LogP) is 6.48. The summed E-state index contributed by atoms with van der Waals surface area (Å²) in [5.41, 5.74) is 9.34. The number of ether oxygens (including phenoxy) is 1. The first-order valence-corrected chi connectivity index (χ1v) is 13.2. The number of nitrogens with two attached hydrogens (primary N) is 1. The van der Waals surface area contributed by atoms with Crippen LogP contribution in [-0.4, -0.2) is 17.7 Å². The van der Waals surface area contributed by atoms with Gasteiger partial charge in [0.2, 0.25) is 0 Å². The molecule has 0 amide bonds. The first kappa shape index (κ1) is 28.2. The Bertz CT molecular complexity index is 994.